The van der Waals surface area contributed by atoms with Crippen LogP contribution in [0.4, 0.5) is 0 Å². The Kier molecular flexibility index (Phi) is 6.14. The van der Waals surface area contributed by atoms with Crippen LogP contribution < -0.4 is 14.8 Å². The molecule has 1 aromatic heterocycles. The highest BCUT2D eigenvalue weighted by Gasteiger charge is 2.06. The Balaban J connectivity index is 1.99. The molecule has 0 aliphatic heterocycles. The van der Waals surface area contributed by atoms with Gasteiger partial charge in [-0.3, -0.25) is 9.89 Å². The molecular weight excluding hydrogens is 328 g/mol. The quantitative estimate of drug-likeness (QED) is 0.593. The summed E-state index contributed by atoms with van der Waals surface area (Å²) in [4.78, 5) is 11.9. The first-order valence-electron chi connectivity index (χ1n) is 7.41. The van der Waals surface area contributed by atoms with Gasteiger partial charge in [0.2, 0.25) is 5.91 Å². The maximum absolute atomic E-state index is 11.9. The number of amides is 1. The van der Waals surface area contributed by atoms with Crippen LogP contribution in [0.3, 0.4) is 0 Å². The lowest BCUT2D eigenvalue weighted by molar-refractivity contribution is -0.116. The lowest BCUT2D eigenvalue weighted by Crippen LogP contribution is -2.22. The van der Waals surface area contributed by atoms with Crippen molar-refractivity contribution in [2.45, 2.75) is 20.0 Å². The standard InChI is InChI=1S/C16H20N4O3S/c1-4-20-14(18-19-16(20)24)10-17-15(21)8-6-11-5-7-12(22-2)13(9-11)23-3/h5-9H,4,10H2,1-3H3,(H,17,21)(H,19,24). The van der Waals surface area contributed by atoms with E-state index in [1.54, 1.807) is 32.4 Å². The van der Waals surface area contributed by atoms with Crippen LogP contribution in [0.15, 0.2) is 24.3 Å². The maximum atomic E-state index is 11.9. The minimum absolute atomic E-state index is 0.221. The number of hydrogen-bond donors (Lipinski definition) is 2. The summed E-state index contributed by atoms with van der Waals surface area (Å²) in [6.07, 6.45) is 3.16. The molecule has 0 saturated heterocycles. The molecule has 0 fully saturated rings. The van der Waals surface area contributed by atoms with Crippen LogP contribution in [0.1, 0.15) is 18.3 Å². The van der Waals surface area contributed by atoms with E-state index < -0.39 is 0 Å². The number of carbonyl (C=O) groups excluding carboxylic acids is 1. The number of aromatic amines is 1. The molecule has 24 heavy (non-hydrogen) atoms. The number of H-pyrrole nitrogens is 1. The van der Waals surface area contributed by atoms with E-state index in [0.29, 0.717) is 35.2 Å². The van der Waals surface area contributed by atoms with Gasteiger partial charge in [-0.2, -0.15) is 5.10 Å². The van der Waals surface area contributed by atoms with Gasteiger partial charge in [0.05, 0.1) is 20.8 Å². The maximum Gasteiger partial charge on any atom is 0.244 e. The molecule has 2 rings (SSSR count). The topological polar surface area (TPSA) is 81.2 Å². The van der Waals surface area contributed by atoms with E-state index in [1.807, 2.05) is 17.6 Å². The van der Waals surface area contributed by atoms with Crippen molar-refractivity contribution >= 4 is 24.2 Å². The zero-order valence-corrected chi connectivity index (χ0v) is 14.6. The average Bonchev–Trinajstić information content (AvgIpc) is 2.97. The summed E-state index contributed by atoms with van der Waals surface area (Å²) in [7, 11) is 3.14. The molecule has 0 spiro atoms. The minimum Gasteiger partial charge on any atom is -0.493 e. The number of hydrogen-bond acceptors (Lipinski definition) is 5. The molecule has 1 amide bonds. The van der Waals surface area contributed by atoms with Gasteiger partial charge in [0.15, 0.2) is 22.1 Å². The van der Waals surface area contributed by atoms with E-state index in [1.165, 1.54) is 6.08 Å². The summed E-state index contributed by atoms with van der Waals surface area (Å²) in [5.74, 6) is 1.72. The molecule has 2 aromatic rings. The Morgan fingerprint density at radius 3 is 2.79 bits per heavy atom. The molecule has 0 bridgehead atoms. The van der Waals surface area contributed by atoms with Crippen molar-refractivity contribution in [1.82, 2.24) is 20.1 Å². The molecule has 2 N–H and O–H groups in total. The first kappa shape index (κ1) is 17.7. The van der Waals surface area contributed by atoms with Gasteiger partial charge in [0.25, 0.3) is 0 Å². The van der Waals surface area contributed by atoms with Crippen molar-refractivity contribution in [2.24, 2.45) is 0 Å². The van der Waals surface area contributed by atoms with Crippen LogP contribution in [0.25, 0.3) is 6.08 Å². The summed E-state index contributed by atoms with van der Waals surface area (Å²) in [6.45, 7) is 2.96. The van der Waals surface area contributed by atoms with Gasteiger partial charge < -0.3 is 19.4 Å². The van der Waals surface area contributed by atoms with Crippen molar-refractivity contribution in [2.75, 3.05) is 14.2 Å². The highest BCUT2D eigenvalue weighted by molar-refractivity contribution is 7.71. The van der Waals surface area contributed by atoms with E-state index in [4.69, 9.17) is 21.7 Å². The number of aromatic nitrogens is 3. The lowest BCUT2D eigenvalue weighted by atomic mass is 10.2. The fourth-order valence-corrected chi connectivity index (χ4v) is 2.44. The Bertz CT molecular complexity index is 795. The van der Waals surface area contributed by atoms with Crippen molar-refractivity contribution in [3.63, 3.8) is 0 Å². The third-order valence-corrected chi connectivity index (χ3v) is 3.72. The van der Waals surface area contributed by atoms with Gasteiger partial charge in [-0.25, -0.2) is 0 Å². The predicted molar refractivity (Wildman–Crippen MR) is 93.5 cm³/mol. The van der Waals surface area contributed by atoms with Crippen LogP contribution in [0.5, 0.6) is 11.5 Å². The Morgan fingerprint density at radius 2 is 2.12 bits per heavy atom. The Morgan fingerprint density at radius 1 is 1.38 bits per heavy atom. The summed E-state index contributed by atoms with van der Waals surface area (Å²) in [6, 6.07) is 5.42. The van der Waals surface area contributed by atoms with Gasteiger partial charge in [-0.1, -0.05) is 6.07 Å². The number of carbonyl (C=O) groups is 1. The second kappa shape index (κ2) is 8.30. The predicted octanol–water partition coefficient (Wildman–Crippen LogP) is 2.31. The molecule has 128 valence electrons. The van der Waals surface area contributed by atoms with Crippen molar-refractivity contribution in [3.05, 3.63) is 40.4 Å². The normalized spacial score (nSPS) is 10.8. The fourth-order valence-electron chi connectivity index (χ4n) is 2.16. The number of nitrogens with zero attached hydrogens (tertiary/aromatic N) is 2. The van der Waals surface area contributed by atoms with E-state index >= 15 is 0 Å². The van der Waals surface area contributed by atoms with Gasteiger partial charge in [-0.05, 0) is 42.9 Å². The second-order valence-corrected chi connectivity index (χ2v) is 5.24. The van der Waals surface area contributed by atoms with Crippen molar-refractivity contribution in [1.29, 1.82) is 0 Å². The fraction of sp³-hybridized carbons (Fsp3) is 0.312. The Labute approximate surface area is 145 Å². The van der Waals surface area contributed by atoms with Crippen LogP contribution in [-0.2, 0) is 17.9 Å². The second-order valence-electron chi connectivity index (χ2n) is 4.85. The van der Waals surface area contributed by atoms with Gasteiger partial charge in [0, 0.05) is 12.6 Å². The molecule has 7 nitrogen and oxygen atoms in total. The van der Waals surface area contributed by atoms with E-state index in [9.17, 15) is 4.79 Å². The molecule has 0 unspecified atom stereocenters. The van der Waals surface area contributed by atoms with E-state index in [2.05, 4.69) is 15.5 Å². The minimum atomic E-state index is -0.221. The molecular formula is C16H20N4O3S. The molecule has 1 aromatic carbocycles. The van der Waals surface area contributed by atoms with Crippen LogP contribution >= 0.6 is 12.2 Å². The molecule has 0 atom stereocenters. The SMILES string of the molecule is CCn1c(CNC(=O)C=Cc2ccc(OC)c(OC)c2)n[nH]c1=S. The van der Waals surface area contributed by atoms with E-state index in [-0.39, 0.29) is 5.91 Å². The van der Waals surface area contributed by atoms with Crippen molar-refractivity contribution < 1.29 is 14.3 Å². The molecule has 0 saturated carbocycles. The summed E-state index contributed by atoms with van der Waals surface area (Å²) < 4.78 is 12.8. The lowest BCUT2D eigenvalue weighted by Gasteiger charge is -2.07. The summed E-state index contributed by atoms with van der Waals surface area (Å²) >= 11 is 5.11. The van der Waals surface area contributed by atoms with Crippen LogP contribution in [0.2, 0.25) is 0 Å². The smallest absolute Gasteiger partial charge is 0.244 e. The van der Waals surface area contributed by atoms with Gasteiger partial charge >= 0.3 is 0 Å². The van der Waals surface area contributed by atoms with Crippen LogP contribution in [0, 0.1) is 4.77 Å². The number of benzene rings is 1. The van der Waals surface area contributed by atoms with E-state index in [0.717, 1.165) is 5.56 Å². The summed E-state index contributed by atoms with van der Waals surface area (Å²) in [5, 5.41) is 9.59. The molecule has 8 heteroatoms. The average molecular weight is 348 g/mol. The Hall–Kier alpha value is -2.61. The first-order chi connectivity index (χ1) is 11.6. The largest absolute Gasteiger partial charge is 0.493 e. The molecule has 0 aliphatic carbocycles. The number of ether oxygens (including phenoxy) is 2. The third-order valence-electron chi connectivity index (χ3n) is 3.41. The monoisotopic (exact) mass is 348 g/mol. The zero-order valence-electron chi connectivity index (χ0n) is 13.8. The highest BCUT2D eigenvalue weighted by Crippen LogP contribution is 2.27. The van der Waals surface area contributed by atoms with Gasteiger partial charge in [0.1, 0.15) is 0 Å². The molecule has 1 heterocycles. The molecule has 0 aliphatic rings. The van der Waals surface area contributed by atoms with Gasteiger partial charge in [-0.15, -0.1) is 0 Å². The highest BCUT2D eigenvalue weighted by atomic mass is 32.1. The number of nitrogens with one attached hydrogen (secondary N) is 2. The van der Waals surface area contributed by atoms with Crippen molar-refractivity contribution in [3.8, 4) is 11.5 Å². The number of rotatable bonds is 7. The first-order valence-corrected chi connectivity index (χ1v) is 7.81. The van der Waals surface area contributed by atoms with Crippen LogP contribution in [-0.4, -0.2) is 34.9 Å². The molecule has 0 radical (unpaired) electrons. The third kappa shape index (κ3) is 4.23. The number of methoxy groups -OCH3 is 2. The zero-order chi connectivity index (χ0) is 17.5. The summed E-state index contributed by atoms with van der Waals surface area (Å²) in [5.41, 5.74) is 0.832.